The highest BCUT2D eigenvalue weighted by atomic mass is 35.5. The summed E-state index contributed by atoms with van der Waals surface area (Å²) >= 11 is 0. The third-order valence-corrected chi connectivity index (χ3v) is 6.15. The lowest BCUT2D eigenvalue weighted by atomic mass is 10.00. The van der Waals surface area contributed by atoms with Crippen molar-refractivity contribution in [2.45, 2.75) is 66.2 Å². The van der Waals surface area contributed by atoms with Crippen LogP contribution in [0.3, 0.4) is 0 Å². The molecule has 0 saturated heterocycles. The molecule has 0 N–H and O–H groups in total. The summed E-state index contributed by atoms with van der Waals surface area (Å²) in [5, 5.41) is 0. The molecule has 3 aromatic rings. The summed E-state index contributed by atoms with van der Waals surface area (Å²) < 4.78 is 2.09. The number of fused-ring (bicyclic) bond motifs is 1. The molecule has 2 aromatic heterocycles. The Morgan fingerprint density at radius 3 is 2.31 bits per heavy atom. The van der Waals surface area contributed by atoms with E-state index in [0.717, 1.165) is 67.5 Å². The van der Waals surface area contributed by atoms with Gasteiger partial charge in [0.1, 0.15) is 0 Å². The number of aryl methyl sites for hydroxylation is 3. The van der Waals surface area contributed by atoms with Crippen LogP contribution in [0.4, 0.5) is 0 Å². The maximum atomic E-state index is 13.5. The van der Waals surface area contributed by atoms with Crippen LogP contribution in [0.15, 0.2) is 48.7 Å². The zero-order chi connectivity index (χ0) is 22.2. The van der Waals surface area contributed by atoms with Gasteiger partial charge in [-0.1, -0.05) is 57.5 Å². The predicted octanol–water partition coefficient (Wildman–Crippen LogP) is 6.91. The molecular weight excluding hydrogens is 416 g/mol. The van der Waals surface area contributed by atoms with E-state index in [9.17, 15) is 4.79 Å². The molecule has 4 heteroatoms. The van der Waals surface area contributed by atoms with Crippen molar-refractivity contribution in [1.29, 1.82) is 0 Å². The number of ketones is 1. The van der Waals surface area contributed by atoms with Gasteiger partial charge < -0.3 is 9.30 Å². The first-order chi connectivity index (χ1) is 15.1. The quantitative estimate of drug-likeness (QED) is 0.278. The van der Waals surface area contributed by atoms with Crippen molar-refractivity contribution >= 4 is 23.7 Å². The van der Waals surface area contributed by atoms with Crippen molar-refractivity contribution in [3.05, 3.63) is 76.6 Å². The molecule has 0 aliphatic carbocycles. The van der Waals surface area contributed by atoms with E-state index < -0.39 is 0 Å². The summed E-state index contributed by atoms with van der Waals surface area (Å²) in [6, 6.07) is 14.7. The first-order valence-corrected chi connectivity index (χ1v) is 12.0. The maximum absolute atomic E-state index is 13.5. The minimum absolute atomic E-state index is 0. The number of benzene rings is 1. The van der Waals surface area contributed by atoms with E-state index >= 15 is 0 Å². The number of hydrogen-bond acceptors (Lipinski definition) is 2. The van der Waals surface area contributed by atoms with Crippen molar-refractivity contribution in [2.75, 3.05) is 19.6 Å². The van der Waals surface area contributed by atoms with Gasteiger partial charge in [-0.2, -0.15) is 0 Å². The Balaban J connectivity index is 0.00000363. The van der Waals surface area contributed by atoms with Gasteiger partial charge >= 0.3 is 0 Å². The molecule has 0 amide bonds. The average molecular weight is 455 g/mol. The lowest BCUT2D eigenvalue weighted by molar-refractivity contribution is 0.103. The van der Waals surface area contributed by atoms with Gasteiger partial charge in [-0.3, -0.25) is 4.79 Å². The lowest BCUT2D eigenvalue weighted by Gasteiger charge is -2.19. The van der Waals surface area contributed by atoms with Crippen LogP contribution < -0.4 is 0 Å². The SMILES string of the molecule is CCCCc1cc2ccc(C)cn2c1C(=O)c1ccc(CCCN(CC)CCC)cc1.Cl. The van der Waals surface area contributed by atoms with E-state index in [2.05, 4.69) is 73.5 Å². The lowest BCUT2D eigenvalue weighted by Crippen LogP contribution is -2.25. The Labute approximate surface area is 200 Å². The molecule has 3 rings (SSSR count). The van der Waals surface area contributed by atoms with Crippen molar-refractivity contribution in [3.63, 3.8) is 0 Å². The molecule has 32 heavy (non-hydrogen) atoms. The van der Waals surface area contributed by atoms with E-state index in [-0.39, 0.29) is 18.2 Å². The molecule has 2 heterocycles. The highest BCUT2D eigenvalue weighted by Crippen LogP contribution is 2.23. The molecule has 0 unspecified atom stereocenters. The van der Waals surface area contributed by atoms with Gasteiger partial charge in [0.25, 0.3) is 0 Å². The maximum Gasteiger partial charge on any atom is 0.210 e. The van der Waals surface area contributed by atoms with E-state index in [4.69, 9.17) is 0 Å². The van der Waals surface area contributed by atoms with Crippen LogP contribution in [-0.4, -0.2) is 34.7 Å². The number of nitrogens with zero attached hydrogens (tertiary/aromatic N) is 2. The van der Waals surface area contributed by atoms with Gasteiger partial charge in [0.2, 0.25) is 5.78 Å². The molecule has 174 valence electrons. The van der Waals surface area contributed by atoms with Crippen molar-refractivity contribution in [2.24, 2.45) is 0 Å². The number of unbranched alkanes of at least 4 members (excludes halogenated alkanes) is 1. The van der Waals surface area contributed by atoms with E-state index in [1.165, 1.54) is 24.1 Å². The fourth-order valence-corrected chi connectivity index (χ4v) is 4.35. The average Bonchev–Trinajstić information content (AvgIpc) is 3.14. The van der Waals surface area contributed by atoms with Gasteiger partial charge in [-0.15, -0.1) is 12.4 Å². The van der Waals surface area contributed by atoms with Crippen molar-refractivity contribution < 1.29 is 4.79 Å². The van der Waals surface area contributed by atoms with Crippen LogP contribution in [0.1, 0.15) is 79.2 Å². The normalized spacial score (nSPS) is 11.2. The van der Waals surface area contributed by atoms with Crippen LogP contribution in [-0.2, 0) is 12.8 Å². The topological polar surface area (TPSA) is 24.7 Å². The molecule has 0 radical (unpaired) electrons. The molecule has 0 bridgehead atoms. The minimum Gasteiger partial charge on any atom is -0.313 e. The van der Waals surface area contributed by atoms with Gasteiger partial charge in [0.15, 0.2) is 0 Å². The summed E-state index contributed by atoms with van der Waals surface area (Å²) in [5.41, 5.74) is 6.36. The van der Waals surface area contributed by atoms with Crippen molar-refractivity contribution in [1.82, 2.24) is 9.30 Å². The number of hydrogen-bond donors (Lipinski definition) is 0. The molecule has 3 nitrogen and oxygen atoms in total. The van der Waals surface area contributed by atoms with Crippen LogP contribution >= 0.6 is 12.4 Å². The third kappa shape index (κ3) is 6.46. The summed E-state index contributed by atoms with van der Waals surface area (Å²) in [6.07, 6.45) is 8.68. The van der Waals surface area contributed by atoms with Gasteiger partial charge in [0.05, 0.1) is 5.69 Å². The number of carbonyl (C=O) groups excluding carboxylic acids is 1. The number of pyridine rings is 1. The molecular formula is C28H39ClN2O. The Morgan fingerprint density at radius 1 is 0.906 bits per heavy atom. The Kier molecular flexibility index (Phi) is 10.5. The van der Waals surface area contributed by atoms with Gasteiger partial charge in [0, 0.05) is 17.3 Å². The van der Waals surface area contributed by atoms with Crippen LogP contribution in [0.5, 0.6) is 0 Å². The molecule has 0 fully saturated rings. The van der Waals surface area contributed by atoms with Crippen molar-refractivity contribution in [3.8, 4) is 0 Å². The Bertz CT molecular complexity index is 991. The fourth-order valence-electron chi connectivity index (χ4n) is 4.35. The van der Waals surface area contributed by atoms with E-state index in [1.54, 1.807) is 0 Å². The molecule has 0 atom stereocenters. The number of carbonyl (C=O) groups is 1. The summed E-state index contributed by atoms with van der Waals surface area (Å²) in [6.45, 7) is 12.2. The fraction of sp³-hybridized carbons (Fsp3) is 0.464. The summed E-state index contributed by atoms with van der Waals surface area (Å²) in [5.74, 6) is 0.128. The zero-order valence-electron chi connectivity index (χ0n) is 20.2. The van der Waals surface area contributed by atoms with Crippen LogP contribution in [0.25, 0.3) is 5.52 Å². The smallest absolute Gasteiger partial charge is 0.210 e. The Hall–Kier alpha value is -2.10. The largest absolute Gasteiger partial charge is 0.313 e. The highest BCUT2D eigenvalue weighted by Gasteiger charge is 2.19. The van der Waals surface area contributed by atoms with E-state index in [0.29, 0.717) is 0 Å². The predicted molar refractivity (Wildman–Crippen MR) is 139 cm³/mol. The van der Waals surface area contributed by atoms with Crippen LogP contribution in [0, 0.1) is 6.92 Å². The second-order valence-corrected chi connectivity index (χ2v) is 8.69. The molecule has 0 aliphatic rings. The number of rotatable bonds is 12. The highest BCUT2D eigenvalue weighted by molar-refractivity contribution is 6.09. The summed E-state index contributed by atoms with van der Waals surface area (Å²) in [7, 11) is 0. The monoisotopic (exact) mass is 454 g/mol. The van der Waals surface area contributed by atoms with Gasteiger partial charge in [-0.05, 0) is 87.5 Å². The molecule has 0 spiro atoms. The van der Waals surface area contributed by atoms with Gasteiger partial charge in [-0.25, -0.2) is 0 Å². The third-order valence-electron chi connectivity index (χ3n) is 6.15. The minimum atomic E-state index is 0. The standard InChI is InChI=1S/C28H38N2O.ClH/c1-5-8-11-25-20-26-17-12-22(4)21-30(26)27(25)28(31)24-15-13-23(14-16-24)10-9-19-29(7-3)18-6-2;/h12-17,20-21H,5-11,18-19H2,1-4H3;1H. The first kappa shape index (κ1) is 26.2. The molecule has 1 aromatic carbocycles. The second kappa shape index (κ2) is 12.8. The molecule has 0 aliphatic heterocycles. The zero-order valence-corrected chi connectivity index (χ0v) is 21.0. The second-order valence-electron chi connectivity index (χ2n) is 8.69. The summed E-state index contributed by atoms with van der Waals surface area (Å²) in [4.78, 5) is 16.0. The molecule has 0 saturated carbocycles. The number of aromatic nitrogens is 1. The first-order valence-electron chi connectivity index (χ1n) is 12.0. The number of halogens is 1. The van der Waals surface area contributed by atoms with E-state index in [1.807, 2.05) is 12.1 Å². The van der Waals surface area contributed by atoms with Crippen LogP contribution in [0.2, 0.25) is 0 Å². The Morgan fingerprint density at radius 2 is 1.66 bits per heavy atom.